The van der Waals surface area contributed by atoms with Crippen LogP contribution in [-0.2, 0) is 16.0 Å². The van der Waals surface area contributed by atoms with Crippen molar-refractivity contribution in [1.82, 2.24) is 15.6 Å². The molecule has 1 aromatic heterocycles. The number of carbonyl (C=O) groups excluding carboxylic acids is 2. The maximum atomic E-state index is 13.4. The maximum absolute atomic E-state index is 13.4. The Kier molecular flexibility index (Phi) is 10.8. The van der Waals surface area contributed by atoms with Crippen molar-refractivity contribution in [2.24, 2.45) is 0 Å². The summed E-state index contributed by atoms with van der Waals surface area (Å²) in [5.41, 5.74) is 0.948. The molecule has 0 saturated heterocycles. The SMILES string of the molecule is CCC[C@H](NC(=O)Cc1cc(F)cc(F)c1)C(=O)Nc1ccc([C@H](C)C[C@@H](C)NCC(F)(F)F)cn1. The van der Waals surface area contributed by atoms with Gasteiger partial charge in [-0.2, -0.15) is 13.2 Å². The van der Waals surface area contributed by atoms with Crippen molar-refractivity contribution in [3.8, 4) is 0 Å². The van der Waals surface area contributed by atoms with Crippen LogP contribution in [0.4, 0.5) is 27.8 Å². The number of hydrogen-bond acceptors (Lipinski definition) is 4. The fraction of sp³-hybridized carbons (Fsp3) is 0.480. The third kappa shape index (κ3) is 10.3. The van der Waals surface area contributed by atoms with Gasteiger partial charge in [0.15, 0.2) is 0 Å². The van der Waals surface area contributed by atoms with Crippen LogP contribution in [0.1, 0.15) is 57.1 Å². The maximum Gasteiger partial charge on any atom is 0.401 e. The quantitative estimate of drug-likeness (QED) is 0.354. The lowest BCUT2D eigenvalue weighted by atomic mass is 9.96. The van der Waals surface area contributed by atoms with Crippen molar-refractivity contribution in [2.75, 3.05) is 11.9 Å². The average molecular weight is 515 g/mol. The fourth-order valence-electron chi connectivity index (χ4n) is 3.73. The molecule has 11 heteroatoms. The molecule has 36 heavy (non-hydrogen) atoms. The van der Waals surface area contributed by atoms with Gasteiger partial charge in [0.1, 0.15) is 23.5 Å². The minimum Gasteiger partial charge on any atom is -0.344 e. The van der Waals surface area contributed by atoms with E-state index in [9.17, 15) is 31.5 Å². The molecule has 1 aromatic carbocycles. The smallest absolute Gasteiger partial charge is 0.344 e. The second-order valence-electron chi connectivity index (χ2n) is 8.86. The monoisotopic (exact) mass is 514 g/mol. The summed E-state index contributed by atoms with van der Waals surface area (Å²) in [6.07, 6.45) is -1.62. The normalized spacial score (nSPS) is 14.1. The van der Waals surface area contributed by atoms with Gasteiger partial charge < -0.3 is 16.0 Å². The summed E-state index contributed by atoms with van der Waals surface area (Å²) < 4.78 is 63.8. The molecule has 3 N–H and O–H groups in total. The summed E-state index contributed by atoms with van der Waals surface area (Å²) in [5.74, 6) is -2.46. The predicted molar refractivity (Wildman–Crippen MR) is 126 cm³/mol. The van der Waals surface area contributed by atoms with Crippen LogP contribution in [0.5, 0.6) is 0 Å². The van der Waals surface area contributed by atoms with Crippen LogP contribution in [0, 0.1) is 11.6 Å². The van der Waals surface area contributed by atoms with Crippen LogP contribution in [0.25, 0.3) is 0 Å². The van der Waals surface area contributed by atoms with Gasteiger partial charge in [-0.1, -0.05) is 26.3 Å². The highest BCUT2D eigenvalue weighted by Gasteiger charge is 2.27. The number of halogens is 5. The molecule has 3 atom stereocenters. The van der Waals surface area contributed by atoms with Gasteiger partial charge in [-0.25, -0.2) is 13.8 Å². The Morgan fingerprint density at radius 1 is 1.06 bits per heavy atom. The number of hydrogen-bond donors (Lipinski definition) is 3. The Balaban J connectivity index is 1.93. The zero-order valence-electron chi connectivity index (χ0n) is 20.4. The molecule has 0 aliphatic heterocycles. The van der Waals surface area contributed by atoms with Crippen LogP contribution >= 0.6 is 0 Å². The molecular weight excluding hydrogens is 483 g/mol. The number of carbonyl (C=O) groups is 2. The third-order valence-electron chi connectivity index (χ3n) is 5.48. The first-order chi connectivity index (χ1) is 16.9. The van der Waals surface area contributed by atoms with E-state index in [4.69, 9.17) is 0 Å². The van der Waals surface area contributed by atoms with Crippen molar-refractivity contribution in [3.63, 3.8) is 0 Å². The number of nitrogens with zero attached hydrogens (tertiary/aromatic N) is 1. The van der Waals surface area contributed by atoms with E-state index in [0.29, 0.717) is 25.3 Å². The van der Waals surface area contributed by atoms with Crippen LogP contribution in [0.2, 0.25) is 0 Å². The number of benzene rings is 1. The highest BCUT2D eigenvalue weighted by molar-refractivity contribution is 5.96. The minimum absolute atomic E-state index is 0.0715. The van der Waals surface area contributed by atoms with E-state index in [0.717, 1.165) is 17.7 Å². The summed E-state index contributed by atoms with van der Waals surface area (Å²) >= 11 is 0. The summed E-state index contributed by atoms with van der Waals surface area (Å²) in [5, 5.41) is 7.67. The van der Waals surface area contributed by atoms with Crippen molar-refractivity contribution < 1.29 is 31.5 Å². The highest BCUT2D eigenvalue weighted by Crippen LogP contribution is 2.22. The third-order valence-corrected chi connectivity index (χ3v) is 5.48. The van der Waals surface area contributed by atoms with Gasteiger partial charge in [-0.15, -0.1) is 0 Å². The van der Waals surface area contributed by atoms with Crippen molar-refractivity contribution in [3.05, 3.63) is 59.3 Å². The average Bonchev–Trinajstić information content (AvgIpc) is 2.76. The zero-order chi connectivity index (χ0) is 26.9. The van der Waals surface area contributed by atoms with E-state index in [1.807, 2.05) is 13.8 Å². The van der Waals surface area contributed by atoms with E-state index in [-0.39, 0.29) is 29.8 Å². The summed E-state index contributed by atoms with van der Waals surface area (Å²) in [6.45, 7) is 4.33. The lowest BCUT2D eigenvalue weighted by Crippen LogP contribution is -2.44. The number of alkyl halides is 3. The summed E-state index contributed by atoms with van der Waals surface area (Å²) in [6, 6.07) is 4.89. The molecule has 0 bridgehead atoms. The van der Waals surface area contributed by atoms with Crippen LogP contribution in [0.15, 0.2) is 36.5 Å². The van der Waals surface area contributed by atoms with E-state index in [1.165, 1.54) is 0 Å². The molecule has 1 heterocycles. The first kappa shape index (κ1) is 29.2. The molecule has 0 fully saturated rings. The molecular formula is C25H31F5N4O2. The molecule has 0 aliphatic carbocycles. The van der Waals surface area contributed by atoms with Gasteiger partial charge >= 0.3 is 6.18 Å². The minimum atomic E-state index is -4.27. The second-order valence-corrected chi connectivity index (χ2v) is 8.86. The van der Waals surface area contributed by atoms with Gasteiger partial charge in [0.2, 0.25) is 11.8 Å². The number of rotatable bonds is 12. The van der Waals surface area contributed by atoms with Crippen LogP contribution in [-0.4, -0.2) is 41.6 Å². The summed E-state index contributed by atoms with van der Waals surface area (Å²) in [7, 11) is 0. The molecule has 0 aliphatic rings. The molecule has 0 saturated carbocycles. The van der Waals surface area contributed by atoms with E-state index >= 15 is 0 Å². The van der Waals surface area contributed by atoms with Crippen molar-refractivity contribution >= 4 is 17.6 Å². The van der Waals surface area contributed by atoms with Gasteiger partial charge in [0.05, 0.1) is 13.0 Å². The fourth-order valence-corrected chi connectivity index (χ4v) is 3.73. The molecule has 198 valence electrons. The topological polar surface area (TPSA) is 83.1 Å². The molecule has 2 amide bonds. The van der Waals surface area contributed by atoms with E-state index in [2.05, 4.69) is 20.9 Å². The first-order valence-corrected chi connectivity index (χ1v) is 11.7. The molecule has 0 spiro atoms. The number of aromatic nitrogens is 1. The van der Waals surface area contributed by atoms with Crippen molar-refractivity contribution in [2.45, 2.75) is 70.6 Å². The van der Waals surface area contributed by atoms with Crippen LogP contribution in [0.3, 0.4) is 0 Å². The van der Waals surface area contributed by atoms with Crippen LogP contribution < -0.4 is 16.0 Å². The van der Waals surface area contributed by atoms with Gasteiger partial charge in [-0.05, 0) is 55.0 Å². The molecule has 2 aromatic rings. The largest absolute Gasteiger partial charge is 0.401 e. The molecule has 2 rings (SSSR count). The Hall–Kier alpha value is -3.08. The standard InChI is InChI=1S/C25H31F5N4O2/c1-4-5-21(33-23(35)11-17-9-19(26)12-20(27)10-17)24(36)34-22-7-6-18(13-31-22)15(2)8-16(3)32-14-25(28,29)30/h6-7,9-10,12-13,15-16,21,32H,4-5,8,11,14H2,1-3H3,(H,33,35)(H,31,34,36)/t15-,16-,21+/m1/s1. The van der Waals surface area contributed by atoms with E-state index in [1.54, 1.807) is 25.3 Å². The Morgan fingerprint density at radius 3 is 2.28 bits per heavy atom. The Morgan fingerprint density at radius 2 is 1.72 bits per heavy atom. The molecule has 0 unspecified atom stereocenters. The molecule has 0 radical (unpaired) electrons. The Labute approximate surface area is 207 Å². The predicted octanol–water partition coefficient (Wildman–Crippen LogP) is 4.86. The second kappa shape index (κ2) is 13.3. The van der Waals surface area contributed by atoms with Gasteiger partial charge in [0.25, 0.3) is 0 Å². The highest BCUT2D eigenvalue weighted by atomic mass is 19.4. The summed E-state index contributed by atoms with van der Waals surface area (Å²) in [4.78, 5) is 29.3. The van der Waals surface area contributed by atoms with E-state index < -0.39 is 42.2 Å². The lowest BCUT2D eigenvalue weighted by Gasteiger charge is -2.20. The number of pyridine rings is 1. The number of nitrogens with one attached hydrogen (secondary N) is 3. The number of anilines is 1. The van der Waals surface area contributed by atoms with Gasteiger partial charge in [-0.3, -0.25) is 9.59 Å². The zero-order valence-corrected chi connectivity index (χ0v) is 20.4. The lowest BCUT2D eigenvalue weighted by molar-refractivity contribution is -0.126. The Bertz CT molecular complexity index is 994. The van der Waals surface area contributed by atoms with Gasteiger partial charge in [0, 0.05) is 18.3 Å². The van der Waals surface area contributed by atoms with Crippen molar-refractivity contribution in [1.29, 1.82) is 0 Å². The molecule has 6 nitrogen and oxygen atoms in total. The first-order valence-electron chi connectivity index (χ1n) is 11.7. The number of amides is 2.